The first-order chi connectivity index (χ1) is 17.4. The third-order valence-corrected chi connectivity index (χ3v) is 6.58. The monoisotopic (exact) mass is 507 g/mol. The van der Waals surface area contributed by atoms with Gasteiger partial charge in [-0.05, 0) is 75.6 Å². The smallest absolute Gasteiger partial charge is 0.408 e. The summed E-state index contributed by atoms with van der Waals surface area (Å²) in [4.78, 5) is 42.3. The molecule has 0 saturated heterocycles. The summed E-state index contributed by atoms with van der Waals surface area (Å²) >= 11 is 0. The van der Waals surface area contributed by atoms with E-state index in [-0.39, 0.29) is 23.8 Å². The van der Waals surface area contributed by atoms with Gasteiger partial charge in [0, 0.05) is 12.6 Å². The second-order valence-electron chi connectivity index (χ2n) is 11.2. The third-order valence-electron chi connectivity index (χ3n) is 6.58. The van der Waals surface area contributed by atoms with Crippen molar-refractivity contribution in [2.24, 2.45) is 5.92 Å². The lowest BCUT2D eigenvalue weighted by atomic mass is 9.93. The lowest BCUT2D eigenvalue weighted by molar-refractivity contribution is -0.144. The zero-order chi connectivity index (χ0) is 27.3. The second-order valence-corrected chi connectivity index (χ2v) is 11.2. The van der Waals surface area contributed by atoms with Crippen LogP contribution in [0.4, 0.5) is 4.79 Å². The van der Waals surface area contributed by atoms with Gasteiger partial charge in [-0.15, -0.1) is 0 Å². The van der Waals surface area contributed by atoms with Gasteiger partial charge in [0.05, 0.1) is 0 Å². The quantitative estimate of drug-likeness (QED) is 0.488. The van der Waals surface area contributed by atoms with Crippen molar-refractivity contribution < 1.29 is 19.1 Å². The number of aryl methyl sites for hydroxylation is 1. The number of alkyl carbamates (subject to hydrolysis) is 1. The first-order valence-electron chi connectivity index (χ1n) is 13.1. The Labute approximate surface area is 221 Å². The van der Waals surface area contributed by atoms with E-state index in [0.717, 1.165) is 35.1 Å². The summed E-state index contributed by atoms with van der Waals surface area (Å²) in [5.74, 6) is -0.713. The number of amides is 3. The van der Waals surface area contributed by atoms with Crippen LogP contribution in [0.3, 0.4) is 0 Å². The average molecular weight is 508 g/mol. The van der Waals surface area contributed by atoms with Gasteiger partial charge in [0.25, 0.3) is 0 Å². The van der Waals surface area contributed by atoms with E-state index in [4.69, 9.17) is 4.74 Å². The summed E-state index contributed by atoms with van der Waals surface area (Å²) in [6, 6.07) is 13.8. The molecule has 2 aromatic carbocycles. The molecule has 2 N–H and O–H groups in total. The van der Waals surface area contributed by atoms with Gasteiger partial charge in [0.15, 0.2) is 0 Å². The predicted molar refractivity (Wildman–Crippen MR) is 145 cm³/mol. The van der Waals surface area contributed by atoms with Crippen molar-refractivity contribution in [2.45, 2.75) is 91.6 Å². The van der Waals surface area contributed by atoms with Crippen molar-refractivity contribution in [3.8, 4) is 0 Å². The topological polar surface area (TPSA) is 87.7 Å². The predicted octanol–water partition coefficient (Wildman–Crippen LogP) is 5.20. The first-order valence-corrected chi connectivity index (χ1v) is 13.1. The van der Waals surface area contributed by atoms with E-state index in [1.54, 1.807) is 25.7 Å². The summed E-state index contributed by atoms with van der Waals surface area (Å²) in [6.45, 7) is 13.5. The molecule has 200 valence electrons. The molecule has 3 rings (SSSR count). The maximum atomic E-state index is 14.1. The zero-order valence-corrected chi connectivity index (χ0v) is 23.1. The van der Waals surface area contributed by atoms with Crippen molar-refractivity contribution in [3.05, 3.63) is 70.8 Å². The second kappa shape index (κ2) is 11.8. The molecule has 0 spiro atoms. The van der Waals surface area contributed by atoms with Crippen LogP contribution in [0.25, 0.3) is 0 Å². The summed E-state index contributed by atoms with van der Waals surface area (Å²) in [5.41, 5.74) is 3.11. The van der Waals surface area contributed by atoms with E-state index >= 15 is 0 Å². The number of rotatable bonds is 9. The number of carbonyl (C=O) groups is 3. The molecule has 1 aliphatic carbocycles. The van der Waals surface area contributed by atoms with E-state index in [9.17, 15) is 14.4 Å². The number of carbonyl (C=O) groups excluding carboxylic acids is 3. The number of benzene rings is 2. The Morgan fingerprint density at radius 1 is 1.00 bits per heavy atom. The molecular formula is C30H41N3O4. The molecule has 2 unspecified atom stereocenters. The fourth-order valence-electron chi connectivity index (χ4n) is 4.35. The summed E-state index contributed by atoms with van der Waals surface area (Å²) in [7, 11) is 0. The van der Waals surface area contributed by atoms with Gasteiger partial charge in [-0.1, -0.05) is 62.4 Å². The molecule has 3 amide bonds. The molecule has 0 bridgehead atoms. The van der Waals surface area contributed by atoms with Gasteiger partial charge in [0.2, 0.25) is 11.8 Å². The molecule has 1 saturated carbocycles. The number of ether oxygens (including phenoxy) is 1. The van der Waals surface area contributed by atoms with E-state index in [0.29, 0.717) is 6.54 Å². The molecule has 2 atom stereocenters. The summed E-state index contributed by atoms with van der Waals surface area (Å²) in [6.07, 6.45) is 0.985. The van der Waals surface area contributed by atoms with Crippen LogP contribution in [0.5, 0.6) is 0 Å². The number of hydrogen-bond donors (Lipinski definition) is 2. The highest BCUT2D eigenvalue weighted by molar-refractivity contribution is 5.93. The molecule has 0 heterocycles. The van der Waals surface area contributed by atoms with Gasteiger partial charge in [-0.3, -0.25) is 9.59 Å². The van der Waals surface area contributed by atoms with Crippen LogP contribution < -0.4 is 10.6 Å². The number of hydrogen-bond acceptors (Lipinski definition) is 4. The largest absolute Gasteiger partial charge is 0.444 e. The van der Waals surface area contributed by atoms with Crippen LogP contribution in [0.15, 0.2) is 48.5 Å². The Kier molecular flexibility index (Phi) is 9.00. The fraction of sp³-hybridized carbons (Fsp3) is 0.500. The van der Waals surface area contributed by atoms with Crippen molar-refractivity contribution in [3.63, 3.8) is 0 Å². The van der Waals surface area contributed by atoms with E-state index in [1.807, 2.05) is 76.2 Å². The molecule has 0 radical (unpaired) electrons. The summed E-state index contributed by atoms with van der Waals surface area (Å²) in [5, 5.41) is 5.84. The minimum Gasteiger partial charge on any atom is -0.444 e. The van der Waals surface area contributed by atoms with Crippen LogP contribution >= 0.6 is 0 Å². The highest BCUT2D eigenvalue weighted by Gasteiger charge is 2.45. The van der Waals surface area contributed by atoms with Crippen molar-refractivity contribution in [2.75, 3.05) is 0 Å². The normalized spacial score (nSPS) is 15.0. The Morgan fingerprint density at radius 3 is 2.22 bits per heavy atom. The van der Waals surface area contributed by atoms with Crippen LogP contribution in [-0.4, -0.2) is 40.5 Å². The lowest BCUT2D eigenvalue weighted by Crippen LogP contribution is -2.55. The summed E-state index contributed by atoms with van der Waals surface area (Å²) < 4.78 is 5.44. The minimum atomic E-state index is -0.829. The molecule has 1 aliphatic rings. The van der Waals surface area contributed by atoms with Crippen LogP contribution in [-0.2, 0) is 20.9 Å². The Hall–Kier alpha value is -3.35. The van der Waals surface area contributed by atoms with Crippen LogP contribution in [0.1, 0.15) is 75.8 Å². The van der Waals surface area contributed by atoms with Crippen molar-refractivity contribution in [1.29, 1.82) is 0 Å². The molecule has 1 fully saturated rings. The van der Waals surface area contributed by atoms with E-state index in [1.165, 1.54) is 0 Å². The number of nitrogens with one attached hydrogen (secondary N) is 2. The average Bonchev–Trinajstić information content (AvgIpc) is 3.65. The highest BCUT2D eigenvalue weighted by atomic mass is 16.6. The maximum absolute atomic E-state index is 14.1. The standard InChI is InChI=1S/C30H41N3O4/c1-19(2)25(32-29(36)37-30(5,6)7)28(35)33(23-16-17-23)26(24-15-11-12-20(3)21(24)4)27(34)31-18-22-13-9-8-10-14-22/h8-15,19,23,25-26H,16-18H2,1-7H3,(H,31,34)(H,32,36). The Bertz CT molecular complexity index is 1100. The molecule has 7 heteroatoms. The van der Waals surface area contributed by atoms with Crippen molar-refractivity contribution in [1.82, 2.24) is 15.5 Å². The highest BCUT2D eigenvalue weighted by Crippen LogP contribution is 2.37. The Balaban J connectivity index is 1.97. The fourth-order valence-corrected chi connectivity index (χ4v) is 4.35. The van der Waals surface area contributed by atoms with Gasteiger partial charge < -0.3 is 20.3 Å². The minimum absolute atomic E-state index is 0.0680. The SMILES string of the molecule is Cc1cccc(C(C(=O)NCc2ccccc2)N(C(=O)C(NC(=O)OC(C)(C)C)C(C)C)C2CC2)c1C. The number of nitrogens with zero attached hydrogens (tertiary/aromatic N) is 1. The molecule has 37 heavy (non-hydrogen) atoms. The molecular weight excluding hydrogens is 466 g/mol. The molecule has 0 aliphatic heterocycles. The molecule has 2 aromatic rings. The lowest BCUT2D eigenvalue weighted by Gasteiger charge is -2.36. The van der Waals surface area contributed by atoms with Crippen molar-refractivity contribution >= 4 is 17.9 Å². The molecule has 0 aromatic heterocycles. The third kappa shape index (κ3) is 7.57. The van der Waals surface area contributed by atoms with Gasteiger partial charge in [-0.2, -0.15) is 0 Å². The maximum Gasteiger partial charge on any atom is 0.408 e. The molecule has 7 nitrogen and oxygen atoms in total. The zero-order valence-electron chi connectivity index (χ0n) is 23.1. The Morgan fingerprint density at radius 2 is 1.65 bits per heavy atom. The van der Waals surface area contributed by atoms with Crippen LogP contribution in [0, 0.1) is 19.8 Å². The van der Waals surface area contributed by atoms with Crippen LogP contribution in [0.2, 0.25) is 0 Å². The first kappa shape index (κ1) is 28.2. The van der Waals surface area contributed by atoms with Gasteiger partial charge >= 0.3 is 6.09 Å². The van der Waals surface area contributed by atoms with E-state index < -0.39 is 23.8 Å². The van der Waals surface area contributed by atoms with E-state index in [2.05, 4.69) is 10.6 Å². The van der Waals surface area contributed by atoms with Gasteiger partial charge in [-0.25, -0.2) is 4.79 Å². The van der Waals surface area contributed by atoms with Gasteiger partial charge in [0.1, 0.15) is 17.7 Å².